The van der Waals surface area contributed by atoms with Crippen LogP contribution in [0.1, 0.15) is 6.42 Å². The van der Waals surface area contributed by atoms with Crippen LogP contribution in [0.25, 0.3) is 0 Å². The van der Waals surface area contributed by atoms with Gasteiger partial charge in [0.1, 0.15) is 23.2 Å². The van der Waals surface area contributed by atoms with Gasteiger partial charge in [-0.25, -0.2) is 9.97 Å². The number of ether oxygens (including phenoxy) is 3. The lowest BCUT2D eigenvalue weighted by Gasteiger charge is -2.08. The molecule has 0 atom stereocenters. The highest BCUT2D eigenvalue weighted by atomic mass is 79.9. The van der Waals surface area contributed by atoms with Gasteiger partial charge in [0.25, 0.3) is 0 Å². The largest absolute Gasteiger partial charge is 0.474 e. The second-order valence-electron chi connectivity index (χ2n) is 3.19. The van der Waals surface area contributed by atoms with E-state index < -0.39 is 0 Å². The number of anilines is 1. The van der Waals surface area contributed by atoms with Gasteiger partial charge in [0, 0.05) is 20.3 Å². The van der Waals surface area contributed by atoms with Crippen molar-refractivity contribution >= 4 is 21.7 Å². The van der Waals surface area contributed by atoms with Gasteiger partial charge in [-0.15, -0.1) is 0 Å². The van der Waals surface area contributed by atoms with Crippen LogP contribution >= 0.6 is 15.9 Å². The molecule has 0 amide bonds. The minimum atomic E-state index is 0.357. The molecule has 1 aromatic rings. The molecule has 1 aromatic heterocycles. The standard InChI is InChI=1S/C10H16BrN3O3/c1-15-3-2-4-16-5-6-17-10-8(11)9(12)13-7-14-10/h7H,2-6H2,1H3,(H2,12,13,14). The van der Waals surface area contributed by atoms with E-state index in [4.69, 9.17) is 19.9 Å². The number of halogens is 1. The van der Waals surface area contributed by atoms with Crippen LogP contribution in [0.5, 0.6) is 5.88 Å². The van der Waals surface area contributed by atoms with Crippen molar-refractivity contribution in [1.82, 2.24) is 9.97 Å². The van der Waals surface area contributed by atoms with Crippen LogP contribution < -0.4 is 10.5 Å². The van der Waals surface area contributed by atoms with Gasteiger partial charge in [-0.1, -0.05) is 0 Å². The molecule has 0 aromatic carbocycles. The number of rotatable bonds is 8. The zero-order valence-corrected chi connectivity index (χ0v) is 11.3. The summed E-state index contributed by atoms with van der Waals surface area (Å²) in [6.07, 6.45) is 2.23. The van der Waals surface area contributed by atoms with Crippen molar-refractivity contribution in [3.05, 3.63) is 10.8 Å². The Bertz CT molecular complexity index is 339. The van der Waals surface area contributed by atoms with E-state index in [0.717, 1.165) is 6.42 Å². The van der Waals surface area contributed by atoms with Crippen LogP contribution in [-0.4, -0.2) is 43.5 Å². The molecule has 0 aliphatic rings. The van der Waals surface area contributed by atoms with E-state index >= 15 is 0 Å². The van der Waals surface area contributed by atoms with E-state index in [0.29, 0.717) is 42.6 Å². The molecule has 0 saturated heterocycles. The number of nitrogens with two attached hydrogens (primary N) is 1. The highest BCUT2D eigenvalue weighted by Crippen LogP contribution is 2.25. The van der Waals surface area contributed by atoms with Gasteiger partial charge in [-0.05, 0) is 22.4 Å². The van der Waals surface area contributed by atoms with Crippen LogP contribution in [0.4, 0.5) is 5.82 Å². The van der Waals surface area contributed by atoms with Crippen molar-refractivity contribution in [1.29, 1.82) is 0 Å². The van der Waals surface area contributed by atoms with Crippen molar-refractivity contribution in [3.63, 3.8) is 0 Å². The fourth-order valence-corrected chi connectivity index (χ4v) is 1.39. The van der Waals surface area contributed by atoms with E-state index in [1.807, 2.05) is 0 Å². The predicted molar refractivity (Wildman–Crippen MR) is 67.0 cm³/mol. The van der Waals surface area contributed by atoms with Crippen LogP contribution in [0.2, 0.25) is 0 Å². The highest BCUT2D eigenvalue weighted by molar-refractivity contribution is 9.10. The first kappa shape index (κ1) is 14.1. The molecule has 0 radical (unpaired) electrons. The Morgan fingerprint density at radius 1 is 1.24 bits per heavy atom. The Morgan fingerprint density at radius 2 is 2.06 bits per heavy atom. The summed E-state index contributed by atoms with van der Waals surface area (Å²) >= 11 is 3.25. The first-order chi connectivity index (χ1) is 8.25. The number of nitrogen functional groups attached to an aromatic ring is 1. The van der Waals surface area contributed by atoms with Gasteiger partial charge in [-0.3, -0.25) is 0 Å². The minimum Gasteiger partial charge on any atom is -0.474 e. The molecule has 7 heteroatoms. The maximum Gasteiger partial charge on any atom is 0.233 e. The SMILES string of the molecule is COCCCOCCOc1ncnc(N)c1Br. The Labute approximate surface area is 109 Å². The third-order valence-corrected chi connectivity index (χ3v) is 2.63. The maximum atomic E-state index is 5.58. The predicted octanol–water partition coefficient (Wildman–Crippen LogP) is 1.25. The molecule has 1 rings (SSSR count). The van der Waals surface area contributed by atoms with Crippen molar-refractivity contribution in [2.75, 3.05) is 39.3 Å². The Balaban J connectivity index is 2.16. The molecule has 6 nitrogen and oxygen atoms in total. The zero-order chi connectivity index (χ0) is 12.5. The van der Waals surface area contributed by atoms with Gasteiger partial charge >= 0.3 is 0 Å². The van der Waals surface area contributed by atoms with Gasteiger partial charge in [0.15, 0.2) is 0 Å². The smallest absolute Gasteiger partial charge is 0.233 e. The summed E-state index contributed by atoms with van der Waals surface area (Å²) in [5, 5.41) is 0. The van der Waals surface area contributed by atoms with Crippen molar-refractivity contribution < 1.29 is 14.2 Å². The van der Waals surface area contributed by atoms with E-state index in [1.165, 1.54) is 6.33 Å². The summed E-state index contributed by atoms with van der Waals surface area (Å²) in [5.41, 5.74) is 5.58. The second-order valence-corrected chi connectivity index (χ2v) is 3.98. The third-order valence-electron chi connectivity index (χ3n) is 1.89. The topological polar surface area (TPSA) is 79.5 Å². The highest BCUT2D eigenvalue weighted by Gasteiger charge is 2.06. The van der Waals surface area contributed by atoms with Crippen LogP contribution in [0, 0.1) is 0 Å². The molecule has 0 aliphatic carbocycles. The molecule has 0 spiro atoms. The summed E-state index contributed by atoms with van der Waals surface area (Å²) in [6, 6.07) is 0. The fraction of sp³-hybridized carbons (Fsp3) is 0.600. The molecule has 0 unspecified atom stereocenters. The molecule has 0 bridgehead atoms. The molecule has 2 N–H and O–H groups in total. The van der Waals surface area contributed by atoms with E-state index in [-0.39, 0.29) is 0 Å². The van der Waals surface area contributed by atoms with E-state index in [9.17, 15) is 0 Å². The average molecular weight is 306 g/mol. The maximum absolute atomic E-state index is 5.58. The lowest BCUT2D eigenvalue weighted by molar-refractivity contribution is 0.0793. The Kier molecular flexibility index (Phi) is 6.83. The summed E-state index contributed by atoms with van der Waals surface area (Å²) in [7, 11) is 1.67. The fourth-order valence-electron chi connectivity index (χ4n) is 1.07. The number of nitrogens with zero attached hydrogens (tertiary/aromatic N) is 2. The lowest BCUT2D eigenvalue weighted by atomic mass is 10.5. The molecule has 0 fully saturated rings. The molecule has 96 valence electrons. The number of hydrogen-bond donors (Lipinski definition) is 1. The van der Waals surface area contributed by atoms with Gasteiger partial charge in [0.05, 0.1) is 6.61 Å². The lowest BCUT2D eigenvalue weighted by Crippen LogP contribution is -2.10. The van der Waals surface area contributed by atoms with Crippen LogP contribution in [-0.2, 0) is 9.47 Å². The summed E-state index contributed by atoms with van der Waals surface area (Å²) in [5.74, 6) is 0.786. The average Bonchev–Trinajstić information content (AvgIpc) is 2.33. The Hall–Kier alpha value is -0.920. The first-order valence-corrected chi connectivity index (χ1v) is 6.00. The van der Waals surface area contributed by atoms with Crippen LogP contribution in [0.15, 0.2) is 10.8 Å². The van der Waals surface area contributed by atoms with Crippen LogP contribution in [0.3, 0.4) is 0 Å². The molecular weight excluding hydrogens is 290 g/mol. The third kappa shape index (κ3) is 5.29. The monoisotopic (exact) mass is 305 g/mol. The minimum absolute atomic E-state index is 0.357. The molecule has 0 aliphatic heterocycles. The zero-order valence-electron chi connectivity index (χ0n) is 9.69. The van der Waals surface area contributed by atoms with Crippen molar-refractivity contribution in [2.24, 2.45) is 0 Å². The van der Waals surface area contributed by atoms with E-state index in [2.05, 4.69) is 25.9 Å². The Morgan fingerprint density at radius 3 is 2.82 bits per heavy atom. The quantitative estimate of drug-likeness (QED) is 0.728. The molecule has 17 heavy (non-hydrogen) atoms. The summed E-state index contributed by atoms with van der Waals surface area (Å²) in [4.78, 5) is 7.76. The molecule has 1 heterocycles. The number of methoxy groups -OCH3 is 1. The summed E-state index contributed by atoms with van der Waals surface area (Å²) in [6.45, 7) is 2.28. The number of hydrogen-bond acceptors (Lipinski definition) is 6. The summed E-state index contributed by atoms with van der Waals surface area (Å²) < 4.78 is 16.2. The second kappa shape index (κ2) is 8.21. The number of aromatic nitrogens is 2. The normalized spacial score (nSPS) is 10.5. The first-order valence-electron chi connectivity index (χ1n) is 5.21. The molecule has 0 saturated carbocycles. The van der Waals surface area contributed by atoms with Gasteiger partial charge in [-0.2, -0.15) is 0 Å². The van der Waals surface area contributed by atoms with Crippen molar-refractivity contribution in [3.8, 4) is 5.88 Å². The van der Waals surface area contributed by atoms with E-state index in [1.54, 1.807) is 7.11 Å². The van der Waals surface area contributed by atoms with Gasteiger partial charge < -0.3 is 19.9 Å². The molecular formula is C10H16BrN3O3. The van der Waals surface area contributed by atoms with Crippen molar-refractivity contribution in [2.45, 2.75) is 6.42 Å². The van der Waals surface area contributed by atoms with Gasteiger partial charge in [0.2, 0.25) is 5.88 Å².